The maximum atomic E-state index is 13.8. The molecule has 21 heavy (non-hydrogen) atoms. The predicted octanol–water partition coefficient (Wildman–Crippen LogP) is 3.13. The van der Waals surface area contributed by atoms with Crippen molar-refractivity contribution in [1.82, 2.24) is 4.98 Å². The second-order valence-electron chi connectivity index (χ2n) is 5.74. The van der Waals surface area contributed by atoms with Crippen LogP contribution in [0.3, 0.4) is 0 Å². The van der Waals surface area contributed by atoms with Gasteiger partial charge in [-0.3, -0.25) is 14.6 Å². The lowest BCUT2D eigenvalue weighted by molar-refractivity contribution is -0.161. The highest BCUT2D eigenvalue weighted by atomic mass is 79.9. The van der Waals surface area contributed by atoms with Gasteiger partial charge >= 0.3 is 11.9 Å². The van der Waals surface area contributed by atoms with Gasteiger partial charge in [0.05, 0.1) is 0 Å². The van der Waals surface area contributed by atoms with Crippen LogP contribution < -0.4 is 0 Å². The van der Waals surface area contributed by atoms with E-state index in [2.05, 4.69) is 20.9 Å². The van der Waals surface area contributed by atoms with Crippen molar-refractivity contribution < 1.29 is 23.8 Å². The normalized spacial score (nSPS) is 14.4. The average Bonchev–Trinajstić information content (AvgIpc) is 2.30. The number of aliphatic carboxylic acids is 1. The Bertz CT molecular complexity index is 556. The number of carbonyl (C=O) groups is 2. The van der Waals surface area contributed by atoms with Crippen molar-refractivity contribution in [3.8, 4) is 0 Å². The molecule has 0 fully saturated rings. The van der Waals surface area contributed by atoms with E-state index in [9.17, 15) is 19.1 Å². The topological polar surface area (TPSA) is 76.5 Å². The maximum absolute atomic E-state index is 13.8. The number of hydrogen-bond acceptors (Lipinski definition) is 4. The molecule has 0 bridgehead atoms. The van der Waals surface area contributed by atoms with E-state index in [4.69, 9.17) is 4.74 Å². The fraction of sp³-hybridized carbons (Fsp3) is 0.500. The van der Waals surface area contributed by atoms with E-state index in [1.54, 1.807) is 6.92 Å². The van der Waals surface area contributed by atoms with Crippen molar-refractivity contribution in [3.05, 3.63) is 28.2 Å². The van der Waals surface area contributed by atoms with E-state index in [1.165, 1.54) is 6.20 Å². The fourth-order valence-electron chi connectivity index (χ4n) is 1.39. The van der Waals surface area contributed by atoms with E-state index in [-0.39, 0.29) is 5.41 Å². The van der Waals surface area contributed by atoms with Crippen LogP contribution in [0.2, 0.25) is 0 Å². The molecule has 7 heteroatoms. The van der Waals surface area contributed by atoms with Crippen molar-refractivity contribution in [2.75, 3.05) is 0 Å². The minimum atomic E-state index is -1.79. The van der Waals surface area contributed by atoms with Gasteiger partial charge in [0, 0.05) is 10.7 Å². The van der Waals surface area contributed by atoms with Gasteiger partial charge in [0.2, 0.25) is 0 Å². The first-order valence-corrected chi connectivity index (χ1v) is 7.07. The molecule has 0 aliphatic carbocycles. The molecule has 5 nitrogen and oxygen atoms in total. The van der Waals surface area contributed by atoms with Crippen LogP contribution in [0.25, 0.3) is 0 Å². The van der Waals surface area contributed by atoms with Gasteiger partial charge in [0.15, 0.2) is 5.92 Å². The largest absolute Gasteiger partial charge is 0.480 e. The van der Waals surface area contributed by atoms with Gasteiger partial charge < -0.3 is 9.84 Å². The molecule has 1 rings (SSSR count). The van der Waals surface area contributed by atoms with Crippen molar-refractivity contribution in [3.63, 3.8) is 0 Å². The van der Waals surface area contributed by atoms with Crippen molar-refractivity contribution in [1.29, 1.82) is 0 Å². The summed E-state index contributed by atoms with van der Waals surface area (Å²) in [5.74, 6) is -5.20. The first kappa shape index (κ1) is 17.6. The zero-order valence-corrected chi connectivity index (χ0v) is 13.8. The number of halogens is 2. The third-order valence-electron chi connectivity index (χ3n) is 3.10. The highest BCUT2D eigenvalue weighted by molar-refractivity contribution is 9.10. The number of aromatic nitrogens is 1. The van der Waals surface area contributed by atoms with Gasteiger partial charge in [-0.1, -0.05) is 20.8 Å². The smallest absolute Gasteiger partial charge is 0.326 e. The number of esters is 1. The monoisotopic (exact) mass is 361 g/mol. The lowest BCUT2D eigenvalue weighted by Crippen LogP contribution is -2.34. The Morgan fingerprint density at radius 1 is 1.43 bits per heavy atom. The number of carbonyl (C=O) groups excluding carboxylic acids is 1. The zero-order chi connectivity index (χ0) is 16.4. The second kappa shape index (κ2) is 6.51. The average molecular weight is 362 g/mol. The molecule has 0 saturated carbocycles. The lowest BCUT2D eigenvalue weighted by atomic mass is 9.90. The van der Waals surface area contributed by atoms with Gasteiger partial charge in [-0.25, -0.2) is 4.39 Å². The van der Waals surface area contributed by atoms with Gasteiger partial charge in [-0.15, -0.1) is 0 Å². The van der Waals surface area contributed by atoms with E-state index in [0.717, 1.165) is 6.07 Å². The van der Waals surface area contributed by atoms with E-state index >= 15 is 0 Å². The number of pyridine rings is 1. The lowest BCUT2D eigenvalue weighted by Gasteiger charge is -2.27. The molecule has 2 atom stereocenters. The molecule has 116 valence electrons. The highest BCUT2D eigenvalue weighted by Gasteiger charge is 2.36. The first-order valence-electron chi connectivity index (χ1n) is 6.28. The number of ether oxygens (including phenoxy) is 1. The standard InChI is InChI=1S/C14H17BrFNO4/c1-7(14(2,3)4)21-13(20)10(12(18)19)11-9(16)5-8(15)6-17-11/h5-7,10H,1-4H3,(H,18,19). The number of carboxylic acid groups (broad SMARTS) is 1. The Labute approximate surface area is 130 Å². The molecule has 0 saturated heterocycles. The Morgan fingerprint density at radius 3 is 2.43 bits per heavy atom. The molecule has 0 radical (unpaired) electrons. The molecule has 0 spiro atoms. The summed E-state index contributed by atoms with van der Waals surface area (Å²) >= 11 is 3.02. The number of hydrogen-bond donors (Lipinski definition) is 1. The summed E-state index contributed by atoms with van der Waals surface area (Å²) in [4.78, 5) is 27.0. The third-order valence-corrected chi connectivity index (χ3v) is 3.54. The van der Waals surface area contributed by atoms with Crippen LogP contribution in [0.1, 0.15) is 39.3 Å². The van der Waals surface area contributed by atoms with Gasteiger partial charge in [-0.05, 0) is 34.3 Å². The summed E-state index contributed by atoms with van der Waals surface area (Å²) in [6.45, 7) is 7.19. The summed E-state index contributed by atoms with van der Waals surface area (Å²) in [5.41, 5.74) is -0.818. The SMILES string of the molecule is CC(OC(=O)C(C(=O)O)c1ncc(Br)cc1F)C(C)(C)C. The quantitative estimate of drug-likeness (QED) is 0.658. The molecule has 0 aliphatic rings. The molecule has 0 amide bonds. The predicted molar refractivity (Wildman–Crippen MR) is 77.3 cm³/mol. The summed E-state index contributed by atoms with van der Waals surface area (Å²) in [5, 5.41) is 9.19. The second-order valence-corrected chi connectivity index (χ2v) is 6.65. The van der Waals surface area contributed by atoms with E-state index in [1.807, 2.05) is 20.8 Å². The third kappa shape index (κ3) is 4.49. The molecule has 0 aromatic carbocycles. The van der Waals surface area contributed by atoms with Crippen molar-refractivity contribution >= 4 is 27.9 Å². The molecule has 1 aromatic rings. The van der Waals surface area contributed by atoms with Crippen LogP contribution in [0.4, 0.5) is 4.39 Å². The summed E-state index contributed by atoms with van der Waals surface area (Å²) in [6.07, 6.45) is 0.708. The van der Waals surface area contributed by atoms with Crippen LogP contribution >= 0.6 is 15.9 Å². The van der Waals surface area contributed by atoms with Gasteiger partial charge in [0.1, 0.15) is 17.6 Å². The summed E-state index contributed by atoms with van der Waals surface area (Å²) in [6, 6.07) is 1.05. The number of nitrogens with zero attached hydrogens (tertiary/aromatic N) is 1. The number of carboxylic acids is 1. The Kier molecular flexibility index (Phi) is 5.44. The Balaban J connectivity index is 3.08. The van der Waals surface area contributed by atoms with Crippen LogP contribution in [0, 0.1) is 11.2 Å². The Morgan fingerprint density at radius 2 is 2.00 bits per heavy atom. The van der Waals surface area contributed by atoms with E-state index < -0.39 is 35.5 Å². The fourth-order valence-corrected chi connectivity index (χ4v) is 1.69. The van der Waals surface area contributed by atoms with Gasteiger partial charge in [-0.2, -0.15) is 0 Å². The molecule has 1 N–H and O–H groups in total. The minimum absolute atomic E-state index is 0.351. The van der Waals surface area contributed by atoms with E-state index in [0.29, 0.717) is 4.47 Å². The van der Waals surface area contributed by atoms with Crippen LogP contribution in [0.15, 0.2) is 16.7 Å². The summed E-state index contributed by atoms with van der Waals surface area (Å²) in [7, 11) is 0. The Hall–Kier alpha value is -1.50. The van der Waals surface area contributed by atoms with Crippen LogP contribution in [-0.4, -0.2) is 28.1 Å². The van der Waals surface area contributed by atoms with Crippen LogP contribution in [-0.2, 0) is 14.3 Å². The molecule has 1 heterocycles. The molecular formula is C14H17BrFNO4. The first-order chi connectivity index (χ1) is 9.54. The maximum Gasteiger partial charge on any atom is 0.326 e. The number of rotatable bonds is 4. The molecular weight excluding hydrogens is 345 g/mol. The van der Waals surface area contributed by atoms with Crippen molar-refractivity contribution in [2.45, 2.75) is 39.7 Å². The van der Waals surface area contributed by atoms with Crippen molar-refractivity contribution in [2.24, 2.45) is 5.41 Å². The molecule has 1 aromatic heterocycles. The highest BCUT2D eigenvalue weighted by Crippen LogP contribution is 2.26. The van der Waals surface area contributed by atoms with Crippen LogP contribution in [0.5, 0.6) is 0 Å². The van der Waals surface area contributed by atoms with Gasteiger partial charge in [0.25, 0.3) is 0 Å². The molecule has 0 aliphatic heterocycles. The summed E-state index contributed by atoms with van der Waals surface area (Å²) < 4.78 is 19.3. The minimum Gasteiger partial charge on any atom is -0.480 e. The zero-order valence-electron chi connectivity index (χ0n) is 12.2. The molecule has 2 unspecified atom stereocenters.